The number of allylic oxidation sites excluding steroid dienone is 1. The Morgan fingerprint density at radius 2 is 2.38 bits per heavy atom. The van der Waals surface area contributed by atoms with Crippen LogP contribution >= 0.6 is 0 Å². The Morgan fingerprint density at radius 1 is 1.58 bits per heavy atom. The van der Waals surface area contributed by atoms with Crippen LogP contribution in [-0.4, -0.2) is 36.1 Å². The number of nitrogens with zero attached hydrogens (tertiary/aromatic N) is 5. The summed E-state index contributed by atoms with van der Waals surface area (Å²) >= 11 is 0. The van der Waals surface area contributed by atoms with Gasteiger partial charge >= 0.3 is 0 Å². The van der Waals surface area contributed by atoms with Gasteiger partial charge in [0.05, 0.1) is 17.7 Å². The van der Waals surface area contributed by atoms with Crippen LogP contribution in [0, 0.1) is 17.2 Å². The second-order valence-electron chi connectivity index (χ2n) is 5.44. The van der Waals surface area contributed by atoms with Gasteiger partial charge in [0, 0.05) is 37.1 Å². The van der Waals surface area contributed by atoms with Gasteiger partial charge in [-0.1, -0.05) is 12.1 Å². The number of anilines is 1. The number of hydrogen-bond donors (Lipinski definition) is 0. The summed E-state index contributed by atoms with van der Waals surface area (Å²) in [6, 6.07) is 9.88. The molecular formula is C18H21N5O. The molecule has 1 atom stereocenters. The van der Waals surface area contributed by atoms with Crippen molar-refractivity contribution in [1.29, 1.82) is 5.26 Å². The molecule has 124 valence electrons. The number of rotatable bonds is 5. The Morgan fingerprint density at radius 3 is 2.96 bits per heavy atom. The van der Waals surface area contributed by atoms with E-state index in [9.17, 15) is 4.79 Å². The molecule has 1 aromatic carbocycles. The maximum atomic E-state index is 11.7. The van der Waals surface area contributed by atoms with E-state index in [4.69, 9.17) is 5.26 Å². The van der Waals surface area contributed by atoms with Crippen molar-refractivity contribution in [3.63, 3.8) is 0 Å². The van der Waals surface area contributed by atoms with Crippen LogP contribution in [0.2, 0.25) is 0 Å². The minimum Gasteiger partial charge on any atom is -0.313 e. The van der Waals surface area contributed by atoms with Crippen molar-refractivity contribution in [2.75, 3.05) is 18.1 Å². The van der Waals surface area contributed by atoms with Crippen molar-refractivity contribution in [3.8, 4) is 6.07 Å². The van der Waals surface area contributed by atoms with Gasteiger partial charge in [0.1, 0.15) is 6.67 Å². The molecule has 1 aromatic rings. The summed E-state index contributed by atoms with van der Waals surface area (Å²) in [5.74, 6) is -0.213. The maximum Gasteiger partial charge on any atom is 0.223 e. The SMILES string of the molecule is CCN(C(C)=O)c1cccc(C2=NCN(/N=C\C(C)C#N)C=C2)c1. The number of hydrogen-bond acceptors (Lipinski definition) is 5. The summed E-state index contributed by atoms with van der Waals surface area (Å²) in [4.78, 5) is 17.9. The van der Waals surface area contributed by atoms with E-state index in [0.29, 0.717) is 13.2 Å². The third-order valence-corrected chi connectivity index (χ3v) is 3.58. The molecule has 0 N–H and O–H groups in total. The minimum atomic E-state index is -0.230. The van der Waals surface area contributed by atoms with Gasteiger partial charge in [-0.15, -0.1) is 0 Å². The molecule has 24 heavy (non-hydrogen) atoms. The molecule has 1 aliphatic rings. The molecule has 1 aliphatic heterocycles. The van der Waals surface area contributed by atoms with Gasteiger partial charge in [-0.2, -0.15) is 10.4 Å². The molecule has 0 aliphatic carbocycles. The molecule has 6 heteroatoms. The Balaban J connectivity index is 2.13. The number of carbonyl (C=O) groups is 1. The van der Waals surface area contributed by atoms with Crippen LogP contribution in [0.15, 0.2) is 46.6 Å². The van der Waals surface area contributed by atoms with Gasteiger partial charge in [-0.25, -0.2) is 0 Å². The van der Waals surface area contributed by atoms with Crippen LogP contribution in [-0.2, 0) is 4.79 Å². The van der Waals surface area contributed by atoms with Crippen LogP contribution in [0.5, 0.6) is 0 Å². The van der Waals surface area contributed by atoms with Crippen molar-refractivity contribution in [3.05, 3.63) is 42.1 Å². The highest BCUT2D eigenvalue weighted by Crippen LogP contribution is 2.18. The third kappa shape index (κ3) is 4.29. The molecule has 0 bridgehead atoms. The van der Waals surface area contributed by atoms with Crippen LogP contribution in [0.3, 0.4) is 0 Å². The predicted molar refractivity (Wildman–Crippen MR) is 95.8 cm³/mol. The number of benzene rings is 1. The predicted octanol–water partition coefficient (Wildman–Crippen LogP) is 2.78. The van der Waals surface area contributed by atoms with E-state index in [0.717, 1.165) is 17.0 Å². The molecule has 1 amide bonds. The monoisotopic (exact) mass is 323 g/mol. The molecule has 0 saturated carbocycles. The van der Waals surface area contributed by atoms with E-state index >= 15 is 0 Å². The Kier molecular flexibility index (Phi) is 5.85. The van der Waals surface area contributed by atoms with Crippen LogP contribution in [0.25, 0.3) is 0 Å². The average Bonchev–Trinajstić information content (AvgIpc) is 2.60. The first-order chi connectivity index (χ1) is 11.5. The summed E-state index contributed by atoms with van der Waals surface area (Å²) in [6.07, 6.45) is 5.30. The zero-order valence-corrected chi connectivity index (χ0v) is 14.2. The highest BCUT2D eigenvalue weighted by Gasteiger charge is 2.12. The molecule has 0 fully saturated rings. The smallest absolute Gasteiger partial charge is 0.223 e. The molecule has 0 spiro atoms. The number of hydrazone groups is 1. The lowest BCUT2D eigenvalue weighted by molar-refractivity contribution is -0.116. The molecule has 2 rings (SSSR count). The minimum absolute atomic E-state index is 0.0166. The lowest BCUT2D eigenvalue weighted by atomic mass is 10.1. The summed E-state index contributed by atoms with van der Waals surface area (Å²) in [7, 11) is 0. The number of amides is 1. The van der Waals surface area contributed by atoms with Crippen LogP contribution < -0.4 is 4.90 Å². The highest BCUT2D eigenvalue weighted by atomic mass is 16.2. The van der Waals surface area contributed by atoms with Gasteiger partial charge in [0.2, 0.25) is 5.91 Å². The van der Waals surface area contributed by atoms with E-state index in [-0.39, 0.29) is 11.8 Å². The van der Waals surface area contributed by atoms with Crippen LogP contribution in [0.4, 0.5) is 5.69 Å². The standard InChI is InChI=1S/C18H21N5O/c1-4-23(15(3)24)17-7-5-6-16(10-17)18-8-9-22(13-20-18)21-12-14(2)11-19/h5-10,12,14H,4,13H2,1-3H3/b21-12-. The van der Waals surface area contributed by atoms with Gasteiger partial charge in [-0.05, 0) is 32.1 Å². The summed E-state index contributed by atoms with van der Waals surface area (Å²) in [5, 5.41) is 14.6. The highest BCUT2D eigenvalue weighted by molar-refractivity contribution is 6.09. The first-order valence-electron chi connectivity index (χ1n) is 7.86. The number of carbonyl (C=O) groups excluding carboxylic acids is 1. The second kappa shape index (κ2) is 8.06. The maximum absolute atomic E-state index is 11.7. The fourth-order valence-electron chi connectivity index (χ4n) is 2.31. The Bertz CT molecular complexity index is 729. The molecule has 0 saturated heterocycles. The number of nitriles is 1. The van der Waals surface area contributed by atoms with E-state index < -0.39 is 0 Å². The van der Waals surface area contributed by atoms with E-state index in [1.54, 1.807) is 30.0 Å². The van der Waals surface area contributed by atoms with E-state index in [2.05, 4.69) is 16.2 Å². The summed E-state index contributed by atoms with van der Waals surface area (Å²) < 4.78 is 0. The molecule has 1 unspecified atom stereocenters. The van der Waals surface area contributed by atoms with Gasteiger partial charge < -0.3 is 4.90 Å². The molecule has 1 heterocycles. The largest absolute Gasteiger partial charge is 0.313 e. The zero-order chi connectivity index (χ0) is 17.5. The van der Waals surface area contributed by atoms with Crippen molar-refractivity contribution >= 4 is 23.5 Å². The fraction of sp³-hybridized carbons (Fsp3) is 0.333. The Hall–Kier alpha value is -2.94. The zero-order valence-electron chi connectivity index (χ0n) is 14.2. The molecular weight excluding hydrogens is 302 g/mol. The Labute approximate surface area is 142 Å². The summed E-state index contributed by atoms with van der Waals surface area (Å²) in [6.45, 7) is 6.32. The van der Waals surface area contributed by atoms with Crippen molar-refractivity contribution in [2.24, 2.45) is 16.0 Å². The molecule has 6 nitrogen and oxygen atoms in total. The van der Waals surface area contributed by atoms with Gasteiger partial charge in [0.25, 0.3) is 0 Å². The van der Waals surface area contributed by atoms with Gasteiger partial charge in [0.15, 0.2) is 0 Å². The van der Waals surface area contributed by atoms with Gasteiger partial charge in [-0.3, -0.25) is 14.8 Å². The third-order valence-electron chi connectivity index (χ3n) is 3.58. The van der Waals surface area contributed by atoms with Crippen molar-refractivity contribution < 1.29 is 4.79 Å². The first kappa shape index (κ1) is 17.4. The van der Waals surface area contributed by atoms with Crippen molar-refractivity contribution in [2.45, 2.75) is 20.8 Å². The lowest BCUT2D eigenvalue weighted by Crippen LogP contribution is -2.28. The van der Waals surface area contributed by atoms with E-state index in [1.807, 2.05) is 43.5 Å². The van der Waals surface area contributed by atoms with Crippen LogP contribution in [0.1, 0.15) is 26.3 Å². The second-order valence-corrected chi connectivity index (χ2v) is 5.44. The topological polar surface area (TPSA) is 72.1 Å². The average molecular weight is 323 g/mol. The quantitative estimate of drug-likeness (QED) is 0.782. The lowest BCUT2D eigenvalue weighted by Gasteiger charge is -2.21. The molecule has 0 radical (unpaired) electrons. The molecule has 0 aromatic heterocycles. The van der Waals surface area contributed by atoms with Crippen molar-refractivity contribution in [1.82, 2.24) is 5.01 Å². The fourth-order valence-corrected chi connectivity index (χ4v) is 2.31. The first-order valence-corrected chi connectivity index (χ1v) is 7.86. The number of aliphatic imine (C=N–C) groups is 1. The summed E-state index contributed by atoms with van der Waals surface area (Å²) in [5.41, 5.74) is 2.66. The van der Waals surface area contributed by atoms with E-state index in [1.165, 1.54) is 0 Å². The normalized spacial score (nSPS) is 15.1.